The summed E-state index contributed by atoms with van der Waals surface area (Å²) in [4.78, 5) is 28.5. The summed E-state index contributed by atoms with van der Waals surface area (Å²) in [7, 11) is 0. The number of amides is 1. The molecule has 0 aliphatic rings. The Balaban J connectivity index is 1.54. The minimum atomic E-state index is -4.43. The van der Waals surface area contributed by atoms with Crippen molar-refractivity contribution in [2.75, 3.05) is 6.54 Å². The van der Waals surface area contributed by atoms with Crippen LogP contribution in [0, 0.1) is 11.8 Å². The molecule has 148 valence electrons. The lowest BCUT2D eigenvalue weighted by atomic mass is 10.1. The van der Waals surface area contributed by atoms with Gasteiger partial charge in [-0.15, -0.1) is 0 Å². The SMILES string of the molecule is O=C(CCn1cnc2ccccc2c1=O)NCC#Cc1cccc(C(F)(F)F)c1. The average molecular weight is 399 g/mol. The summed E-state index contributed by atoms with van der Waals surface area (Å²) in [6.45, 7) is 0.142. The molecule has 1 heterocycles. The van der Waals surface area contributed by atoms with E-state index in [2.05, 4.69) is 22.1 Å². The smallest absolute Gasteiger partial charge is 0.345 e. The van der Waals surface area contributed by atoms with Crippen LogP contribution in [0.1, 0.15) is 17.5 Å². The highest BCUT2D eigenvalue weighted by atomic mass is 19.4. The molecule has 0 fully saturated rings. The van der Waals surface area contributed by atoms with Crippen LogP contribution in [0.5, 0.6) is 0 Å². The maximum Gasteiger partial charge on any atom is 0.416 e. The number of nitrogens with zero attached hydrogens (tertiary/aromatic N) is 2. The Morgan fingerprint density at radius 1 is 1.14 bits per heavy atom. The second-order valence-electron chi connectivity index (χ2n) is 6.17. The topological polar surface area (TPSA) is 64.0 Å². The van der Waals surface area contributed by atoms with Gasteiger partial charge in [-0.05, 0) is 30.3 Å². The summed E-state index contributed by atoms with van der Waals surface area (Å²) < 4.78 is 39.4. The third-order valence-electron chi connectivity index (χ3n) is 4.11. The number of fused-ring (bicyclic) bond motifs is 1. The first-order valence-electron chi connectivity index (χ1n) is 8.71. The first-order chi connectivity index (χ1) is 13.8. The maximum atomic E-state index is 12.7. The number of aromatic nitrogens is 2. The van der Waals surface area contributed by atoms with Gasteiger partial charge in [-0.1, -0.05) is 30.0 Å². The van der Waals surface area contributed by atoms with E-state index < -0.39 is 11.7 Å². The Bertz CT molecular complexity index is 1160. The number of nitrogens with one attached hydrogen (secondary N) is 1. The van der Waals surface area contributed by atoms with Crippen LogP contribution in [-0.2, 0) is 17.5 Å². The summed E-state index contributed by atoms with van der Waals surface area (Å²) in [5.74, 6) is 4.87. The van der Waals surface area contributed by atoms with E-state index in [0.717, 1.165) is 12.1 Å². The molecule has 0 saturated carbocycles. The normalized spacial score (nSPS) is 11.0. The summed E-state index contributed by atoms with van der Waals surface area (Å²) in [6.07, 6.45) is -2.99. The van der Waals surface area contributed by atoms with Crippen LogP contribution < -0.4 is 10.9 Å². The summed E-state index contributed by atoms with van der Waals surface area (Å²) in [6, 6.07) is 11.6. The lowest BCUT2D eigenvalue weighted by Crippen LogP contribution is -2.27. The van der Waals surface area contributed by atoms with Crippen LogP contribution in [0.2, 0.25) is 0 Å². The van der Waals surface area contributed by atoms with Gasteiger partial charge in [-0.2, -0.15) is 13.2 Å². The first-order valence-corrected chi connectivity index (χ1v) is 8.71. The van der Waals surface area contributed by atoms with E-state index in [1.54, 1.807) is 24.3 Å². The Morgan fingerprint density at radius 2 is 1.93 bits per heavy atom. The summed E-state index contributed by atoms with van der Waals surface area (Å²) in [5, 5.41) is 3.03. The van der Waals surface area contributed by atoms with Crippen molar-refractivity contribution >= 4 is 16.8 Å². The maximum absolute atomic E-state index is 12.7. The van der Waals surface area contributed by atoms with Crippen LogP contribution in [0.4, 0.5) is 13.2 Å². The van der Waals surface area contributed by atoms with Gasteiger partial charge < -0.3 is 5.32 Å². The highest BCUT2D eigenvalue weighted by Gasteiger charge is 2.30. The zero-order valence-corrected chi connectivity index (χ0v) is 15.2. The molecular weight excluding hydrogens is 383 g/mol. The van der Waals surface area contributed by atoms with Crippen molar-refractivity contribution in [3.63, 3.8) is 0 Å². The molecule has 0 atom stereocenters. The Morgan fingerprint density at radius 3 is 2.72 bits per heavy atom. The van der Waals surface area contributed by atoms with Gasteiger partial charge in [-0.25, -0.2) is 4.98 Å². The summed E-state index contributed by atoms with van der Waals surface area (Å²) in [5.41, 5.74) is -0.207. The second-order valence-corrected chi connectivity index (χ2v) is 6.17. The van der Waals surface area contributed by atoms with Crippen molar-refractivity contribution in [2.45, 2.75) is 19.1 Å². The Kier molecular flexibility index (Phi) is 5.98. The average Bonchev–Trinajstić information content (AvgIpc) is 2.70. The van der Waals surface area contributed by atoms with E-state index in [1.807, 2.05) is 0 Å². The monoisotopic (exact) mass is 399 g/mol. The first kappa shape index (κ1) is 20.1. The van der Waals surface area contributed by atoms with Crippen molar-refractivity contribution in [1.82, 2.24) is 14.9 Å². The van der Waals surface area contributed by atoms with Crippen LogP contribution in [0.25, 0.3) is 10.9 Å². The predicted octanol–water partition coefficient (Wildman–Crippen LogP) is 2.97. The molecule has 1 N–H and O–H groups in total. The number of benzene rings is 2. The van der Waals surface area contributed by atoms with E-state index in [4.69, 9.17) is 0 Å². The van der Waals surface area contributed by atoms with Crippen LogP contribution >= 0.6 is 0 Å². The van der Waals surface area contributed by atoms with Gasteiger partial charge >= 0.3 is 6.18 Å². The number of carbonyl (C=O) groups is 1. The number of para-hydroxylation sites is 1. The Hall–Kier alpha value is -3.60. The third kappa shape index (κ3) is 5.23. The fraction of sp³-hybridized carbons (Fsp3) is 0.190. The van der Waals surface area contributed by atoms with Crippen LogP contribution in [0.3, 0.4) is 0 Å². The van der Waals surface area contributed by atoms with Gasteiger partial charge in [0.15, 0.2) is 0 Å². The molecule has 1 amide bonds. The summed E-state index contributed by atoms with van der Waals surface area (Å²) >= 11 is 0. The molecule has 3 rings (SSSR count). The van der Waals surface area contributed by atoms with E-state index in [0.29, 0.717) is 10.9 Å². The molecule has 0 spiro atoms. The van der Waals surface area contributed by atoms with Gasteiger partial charge in [0.2, 0.25) is 5.91 Å². The Labute approximate surface area is 164 Å². The largest absolute Gasteiger partial charge is 0.416 e. The quantitative estimate of drug-likeness (QED) is 0.686. The molecule has 29 heavy (non-hydrogen) atoms. The molecule has 0 unspecified atom stereocenters. The van der Waals surface area contributed by atoms with E-state index in [1.165, 1.54) is 23.0 Å². The number of halogens is 3. The number of hydrogen-bond donors (Lipinski definition) is 1. The highest BCUT2D eigenvalue weighted by molar-refractivity contribution is 5.77. The minimum absolute atomic E-state index is 0.0139. The van der Waals surface area contributed by atoms with E-state index >= 15 is 0 Å². The number of rotatable bonds is 4. The number of aryl methyl sites for hydroxylation is 1. The molecule has 8 heteroatoms. The highest BCUT2D eigenvalue weighted by Crippen LogP contribution is 2.29. The van der Waals surface area contributed by atoms with Gasteiger partial charge in [0.05, 0.1) is 29.3 Å². The second kappa shape index (κ2) is 8.61. The van der Waals surface area contributed by atoms with Crippen molar-refractivity contribution in [1.29, 1.82) is 0 Å². The van der Waals surface area contributed by atoms with Crippen molar-refractivity contribution < 1.29 is 18.0 Å². The molecular formula is C21H16F3N3O2. The standard InChI is InChI=1S/C21H16F3N3O2/c22-21(23,24)16-7-3-5-15(13-16)6-4-11-25-19(28)10-12-27-14-26-18-9-2-1-8-17(18)20(27)29/h1-3,5,7-9,13-14H,10-12H2,(H,25,28). The molecule has 0 aliphatic carbocycles. The van der Waals surface area contributed by atoms with Crippen molar-refractivity contribution in [3.05, 3.63) is 76.3 Å². The van der Waals surface area contributed by atoms with Gasteiger partial charge in [-0.3, -0.25) is 14.2 Å². The van der Waals surface area contributed by atoms with Gasteiger partial charge in [0.1, 0.15) is 0 Å². The van der Waals surface area contributed by atoms with Gasteiger partial charge in [0.25, 0.3) is 5.56 Å². The van der Waals surface area contributed by atoms with E-state index in [-0.39, 0.29) is 36.5 Å². The zero-order chi connectivity index (χ0) is 20.9. The minimum Gasteiger partial charge on any atom is -0.345 e. The molecule has 0 radical (unpaired) electrons. The molecule has 1 aromatic heterocycles. The van der Waals surface area contributed by atoms with E-state index in [9.17, 15) is 22.8 Å². The fourth-order valence-corrected chi connectivity index (χ4v) is 2.64. The third-order valence-corrected chi connectivity index (χ3v) is 4.11. The molecule has 0 bridgehead atoms. The van der Waals surface area contributed by atoms with Crippen LogP contribution in [-0.4, -0.2) is 22.0 Å². The number of carbonyl (C=O) groups excluding carboxylic acids is 1. The molecule has 0 aliphatic heterocycles. The number of hydrogen-bond acceptors (Lipinski definition) is 3. The lowest BCUT2D eigenvalue weighted by molar-refractivity contribution is -0.137. The van der Waals surface area contributed by atoms with Crippen LogP contribution in [0.15, 0.2) is 59.7 Å². The zero-order valence-electron chi connectivity index (χ0n) is 15.2. The predicted molar refractivity (Wildman–Crippen MR) is 102 cm³/mol. The molecule has 3 aromatic rings. The van der Waals surface area contributed by atoms with Gasteiger partial charge in [0, 0.05) is 18.5 Å². The molecule has 5 nitrogen and oxygen atoms in total. The number of alkyl halides is 3. The van der Waals surface area contributed by atoms with Crippen molar-refractivity contribution in [2.24, 2.45) is 0 Å². The fourth-order valence-electron chi connectivity index (χ4n) is 2.64. The molecule has 2 aromatic carbocycles. The molecule has 0 saturated heterocycles. The van der Waals surface area contributed by atoms with Crippen molar-refractivity contribution in [3.8, 4) is 11.8 Å². The lowest BCUT2D eigenvalue weighted by Gasteiger charge is -2.06.